The molecule has 0 spiro atoms. The van der Waals surface area contributed by atoms with E-state index in [4.69, 9.17) is 11.6 Å². The largest absolute Gasteiger partial charge is 0.396 e. The summed E-state index contributed by atoms with van der Waals surface area (Å²) in [6, 6.07) is 12.2. The van der Waals surface area contributed by atoms with Crippen molar-refractivity contribution in [3.63, 3.8) is 0 Å². The predicted molar refractivity (Wildman–Crippen MR) is 109 cm³/mol. The normalized spacial score (nSPS) is 10.8. The summed E-state index contributed by atoms with van der Waals surface area (Å²) < 4.78 is 14.9. The smallest absolute Gasteiger partial charge is 0.257 e. The van der Waals surface area contributed by atoms with Crippen molar-refractivity contribution in [1.29, 1.82) is 0 Å². The van der Waals surface area contributed by atoms with Gasteiger partial charge in [-0.1, -0.05) is 23.7 Å². The van der Waals surface area contributed by atoms with E-state index in [1.165, 1.54) is 22.8 Å². The van der Waals surface area contributed by atoms with E-state index in [-0.39, 0.29) is 25.4 Å². The molecule has 1 amide bonds. The fourth-order valence-corrected chi connectivity index (χ4v) is 3.10. The molecule has 0 radical (unpaired) electrons. The maximum Gasteiger partial charge on any atom is 0.257 e. The Labute approximate surface area is 171 Å². The van der Waals surface area contributed by atoms with Crippen LogP contribution in [0.3, 0.4) is 0 Å². The number of rotatable bonds is 6. The molecule has 1 heterocycles. The van der Waals surface area contributed by atoms with E-state index in [1.807, 2.05) is 0 Å². The van der Waals surface area contributed by atoms with Crippen LogP contribution in [0, 0.1) is 12.7 Å². The molecular weight excluding hydrogens is 397 g/mol. The highest BCUT2D eigenvalue weighted by molar-refractivity contribution is 6.30. The maximum absolute atomic E-state index is 13.7. The highest BCUT2D eigenvalue weighted by atomic mass is 35.5. The Hall–Kier alpha value is -3.03. The van der Waals surface area contributed by atoms with Crippen LogP contribution in [-0.2, 0) is 17.8 Å². The van der Waals surface area contributed by atoms with Crippen molar-refractivity contribution < 1.29 is 14.3 Å². The first kappa shape index (κ1) is 20.7. The predicted octanol–water partition coefficient (Wildman–Crippen LogP) is 3.18. The minimum Gasteiger partial charge on any atom is -0.396 e. The zero-order valence-electron chi connectivity index (χ0n) is 15.7. The number of hydrogen-bond acceptors (Lipinski definition) is 4. The third kappa shape index (κ3) is 4.88. The minimum atomic E-state index is -0.481. The van der Waals surface area contributed by atoms with Crippen molar-refractivity contribution in [2.24, 2.45) is 0 Å². The number of amides is 1. The number of anilines is 1. The monoisotopic (exact) mass is 415 g/mol. The van der Waals surface area contributed by atoms with Gasteiger partial charge < -0.3 is 10.4 Å². The average Bonchev–Trinajstić information content (AvgIpc) is 2.69. The Kier molecular flexibility index (Phi) is 6.41. The summed E-state index contributed by atoms with van der Waals surface area (Å²) in [7, 11) is 0. The Morgan fingerprint density at radius 3 is 2.62 bits per heavy atom. The van der Waals surface area contributed by atoms with E-state index < -0.39 is 17.3 Å². The molecule has 150 valence electrons. The Morgan fingerprint density at radius 1 is 1.24 bits per heavy atom. The number of nitrogens with one attached hydrogen (secondary N) is 1. The molecule has 3 aromatic rings. The van der Waals surface area contributed by atoms with Gasteiger partial charge in [0, 0.05) is 40.6 Å². The summed E-state index contributed by atoms with van der Waals surface area (Å²) in [5, 5.41) is 12.5. The number of aromatic nitrogens is 2. The first-order valence-electron chi connectivity index (χ1n) is 8.91. The molecule has 0 aliphatic heterocycles. The molecule has 29 heavy (non-hydrogen) atoms. The molecule has 0 fully saturated rings. The van der Waals surface area contributed by atoms with Gasteiger partial charge >= 0.3 is 0 Å². The highest BCUT2D eigenvalue weighted by Crippen LogP contribution is 2.19. The number of aliphatic hydroxyl groups excluding tert-OH is 1. The number of carbonyl (C=O) groups excluding carboxylic acids is 1. The number of carbonyl (C=O) groups is 1. The van der Waals surface area contributed by atoms with Gasteiger partial charge in [-0.05, 0) is 43.3 Å². The van der Waals surface area contributed by atoms with E-state index in [1.54, 1.807) is 37.3 Å². The standard InChI is InChI=1S/C21H19ClFN3O3/c1-13-18(9-10-27)21(29)26(20(24-13)14-3-2-4-16(23)11-14)12-19(28)25-17-7-5-15(22)6-8-17/h2-8,11,27H,9-10,12H2,1H3,(H,25,28). The van der Waals surface area contributed by atoms with Crippen LogP contribution in [0.2, 0.25) is 5.02 Å². The molecule has 0 bridgehead atoms. The second-order valence-electron chi connectivity index (χ2n) is 6.43. The maximum atomic E-state index is 13.7. The van der Waals surface area contributed by atoms with E-state index >= 15 is 0 Å². The Balaban J connectivity index is 2.02. The summed E-state index contributed by atoms with van der Waals surface area (Å²) in [6.45, 7) is 1.10. The first-order chi connectivity index (χ1) is 13.9. The molecule has 8 heteroatoms. The van der Waals surface area contributed by atoms with E-state index in [0.717, 1.165) is 0 Å². The molecule has 2 N–H and O–H groups in total. The van der Waals surface area contributed by atoms with Gasteiger partial charge in [0.2, 0.25) is 5.91 Å². The number of halogens is 2. The molecule has 0 atom stereocenters. The number of nitrogens with zero attached hydrogens (tertiary/aromatic N) is 2. The lowest BCUT2D eigenvalue weighted by Crippen LogP contribution is -2.33. The average molecular weight is 416 g/mol. The Bertz CT molecular complexity index is 1100. The zero-order chi connectivity index (χ0) is 21.0. The van der Waals surface area contributed by atoms with Gasteiger partial charge in [-0.3, -0.25) is 14.2 Å². The van der Waals surface area contributed by atoms with Crippen LogP contribution in [-0.4, -0.2) is 27.2 Å². The Morgan fingerprint density at radius 2 is 1.97 bits per heavy atom. The number of aliphatic hydroxyl groups is 1. The van der Waals surface area contributed by atoms with Crippen LogP contribution >= 0.6 is 11.6 Å². The lowest BCUT2D eigenvalue weighted by atomic mass is 10.1. The van der Waals surface area contributed by atoms with Crippen molar-refractivity contribution in [2.45, 2.75) is 19.9 Å². The molecule has 6 nitrogen and oxygen atoms in total. The van der Waals surface area contributed by atoms with Gasteiger partial charge in [0.25, 0.3) is 5.56 Å². The highest BCUT2D eigenvalue weighted by Gasteiger charge is 2.18. The zero-order valence-corrected chi connectivity index (χ0v) is 16.4. The number of aryl methyl sites for hydroxylation is 1. The van der Waals surface area contributed by atoms with E-state index in [0.29, 0.717) is 27.5 Å². The van der Waals surface area contributed by atoms with Crippen molar-refractivity contribution in [3.8, 4) is 11.4 Å². The van der Waals surface area contributed by atoms with Crippen LogP contribution in [0.4, 0.5) is 10.1 Å². The van der Waals surface area contributed by atoms with Gasteiger partial charge in [-0.15, -0.1) is 0 Å². The van der Waals surface area contributed by atoms with Crippen LogP contribution in [0.1, 0.15) is 11.3 Å². The summed E-state index contributed by atoms with van der Waals surface area (Å²) in [5.74, 6) is -0.751. The van der Waals surface area contributed by atoms with Crippen molar-refractivity contribution in [2.75, 3.05) is 11.9 Å². The molecule has 0 aliphatic carbocycles. The molecule has 1 aromatic heterocycles. The van der Waals surface area contributed by atoms with Crippen molar-refractivity contribution in [1.82, 2.24) is 9.55 Å². The lowest BCUT2D eigenvalue weighted by molar-refractivity contribution is -0.116. The summed E-state index contributed by atoms with van der Waals surface area (Å²) in [5.41, 5.74) is 1.19. The number of hydrogen-bond donors (Lipinski definition) is 2. The molecule has 3 rings (SSSR count). The van der Waals surface area contributed by atoms with E-state index in [2.05, 4.69) is 10.3 Å². The van der Waals surface area contributed by atoms with Gasteiger partial charge in [0.1, 0.15) is 18.2 Å². The summed E-state index contributed by atoms with van der Waals surface area (Å²) in [4.78, 5) is 30.0. The minimum absolute atomic E-state index is 0.111. The molecule has 0 unspecified atom stereocenters. The summed E-state index contributed by atoms with van der Waals surface area (Å²) >= 11 is 5.84. The lowest BCUT2D eigenvalue weighted by Gasteiger charge is -2.16. The van der Waals surface area contributed by atoms with Crippen LogP contribution in [0.25, 0.3) is 11.4 Å². The molecular formula is C21H19ClFN3O3. The van der Waals surface area contributed by atoms with Crippen LogP contribution in [0.5, 0.6) is 0 Å². The SMILES string of the molecule is Cc1nc(-c2cccc(F)c2)n(CC(=O)Nc2ccc(Cl)cc2)c(=O)c1CCO. The van der Waals surface area contributed by atoms with Gasteiger partial charge in [0.05, 0.1) is 0 Å². The topological polar surface area (TPSA) is 84.2 Å². The van der Waals surface area contributed by atoms with E-state index in [9.17, 15) is 19.1 Å². The quantitative estimate of drug-likeness (QED) is 0.647. The fourth-order valence-electron chi connectivity index (χ4n) is 2.97. The molecule has 0 saturated carbocycles. The van der Waals surface area contributed by atoms with Crippen molar-refractivity contribution >= 4 is 23.2 Å². The van der Waals surface area contributed by atoms with Gasteiger partial charge in [0.15, 0.2) is 0 Å². The van der Waals surface area contributed by atoms with Crippen LogP contribution < -0.4 is 10.9 Å². The van der Waals surface area contributed by atoms with Crippen molar-refractivity contribution in [3.05, 3.63) is 81.0 Å². The third-order valence-corrected chi connectivity index (χ3v) is 4.60. The molecule has 0 saturated heterocycles. The second kappa shape index (κ2) is 8.98. The van der Waals surface area contributed by atoms with Gasteiger partial charge in [-0.25, -0.2) is 9.37 Å². The summed E-state index contributed by atoms with van der Waals surface area (Å²) in [6.07, 6.45) is 0.111. The third-order valence-electron chi connectivity index (χ3n) is 4.34. The fraction of sp³-hybridized carbons (Fsp3) is 0.190. The first-order valence-corrected chi connectivity index (χ1v) is 9.29. The van der Waals surface area contributed by atoms with Crippen LogP contribution in [0.15, 0.2) is 53.3 Å². The second-order valence-corrected chi connectivity index (χ2v) is 6.87. The van der Waals surface area contributed by atoms with Gasteiger partial charge in [-0.2, -0.15) is 0 Å². The molecule has 2 aromatic carbocycles. The molecule has 0 aliphatic rings. The number of benzene rings is 2.